The molecule has 0 spiro atoms. The molecule has 2 rings (SSSR count). The molecule has 0 radical (unpaired) electrons. The fourth-order valence-electron chi connectivity index (χ4n) is 1.59. The van der Waals surface area contributed by atoms with Crippen LogP contribution in [-0.2, 0) is 11.8 Å². The van der Waals surface area contributed by atoms with Gasteiger partial charge in [0.15, 0.2) is 5.69 Å². The number of aromatic amines is 1. The minimum absolute atomic E-state index is 0.145. The number of carbonyl (C=O) groups excluding carboxylic acids is 1. The predicted octanol–water partition coefficient (Wildman–Crippen LogP) is 0.562. The van der Waals surface area contributed by atoms with Crippen LogP contribution in [0.1, 0.15) is 10.5 Å². The Kier molecular flexibility index (Phi) is 2.78. The summed E-state index contributed by atoms with van der Waals surface area (Å²) in [5.74, 6) is -0.575. The monoisotopic (exact) mass is 233 g/mol. The first-order valence-corrected chi connectivity index (χ1v) is 4.93. The summed E-state index contributed by atoms with van der Waals surface area (Å²) in [5.41, 5.74) is 0.784. The van der Waals surface area contributed by atoms with Gasteiger partial charge >= 0.3 is 5.97 Å². The molecular formula is C11H11N3O3. The largest absolute Gasteiger partial charge is 0.464 e. The lowest BCUT2D eigenvalue weighted by molar-refractivity contribution is 0.0594. The first-order valence-electron chi connectivity index (χ1n) is 4.93. The number of methoxy groups -OCH3 is 1. The van der Waals surface area contributed by atoms with Crippen molar-refractivity contribution >= 4 is 5.97 Å². The number of aromatic nitrogens is 3. The highest BCUT2D eigenvalue weighted by Crippen LogP contribution is 2.18. The van der Waals surface area contributed by atoms with Crippen molar-refractivity contribution in [3.63, 3.8) is 0 Å². The Morgan fingerprint density at radius 1 is 1.41 bits per heavy atom. The van der Waals surface area contributed by atoms with E-state index in [4.69, 9.17) is 0 Å². The van der Waals surface area contributed by atoms with Gasteiger partial charge in [-0.3, -0.25) is 19.6 Å². The molecule has 6 heteroatoms. The van der Waals surface area contributed by atoms with Gasteiger partial charge in [-0.15, -0.1) is 0 Å². The van der Waals surface area contributed by atoms with Crippen molar-refractivity contribution in [1.29, 1.82) is 0 Å². The maximum Gasteiger partial charge on any atom is 0.356 e. The number of nitrogens with one attached hydrogen (secondary N) is 1. The Morgan fingerprint density at radius 2 is 2.06 bits per heavy atom. The Bertz CT molecular complexity index is 598. The number of hydrogen-bond donors (Lipinski definition) is 1. The molecule has 2 aromatic heterocycles. The lowest BCUT2D eigenvalue weighted by Crippen LogP contribution is -2.13. The second-order valence-electron chi connectivity index (χ2n) is 3.45. The van der Waals surface area contributed by atoms with E-state index >= 15 is 0 Å². The van der Waals surface area contributed by atoms with E-state index in [2.05, 4.69) is 14.8 Å². The molecule has 0 unspecified atom stereocenters. The van der Waals surface area contributed by atoms with Gasteiger partial charge in [0.25, 0.3) is 5.56 Å². The van der Waals surface area contributed by atoms with Crippen LogP contribution in [0.25, 0.3) is 11.1 Å². The van der Waals surface area contributed by atoms with Crippen molar-refractivity contribution in [3.05, 3.63) is 40.6 Å². The Morgan fingerprint density at radius 3 is 2.65 bits per heavy atom. The van der Waals surface area contributed by atoms with E-state index in [-0.39, 0.29) is 11.3 Å². The van der Waals surface area contributed by atoms with Crippen LogP contribution < -0.4 is 5.56 Å². The highest BCUT2D eigenvalue weighted by atomic mass is 16.5. The van der Waals surface area contributed by atoms with E-state index in [0.29, 0.717) is 11.1 Å². The second-order valence-corrected chi connectivity index (χ2v) is 3.45. The third-order valence-corrected chi connectivity index (χ3v) is 2.41. The number of esters is 1. The van der Waals surface area contributed by atoms with Crippen LogP contribution in [0.2, 0.25) is 0 Å². The van der Waals surface area contributed by atoms with E-state index < -0.39 is 5.97 Å². The summed E-state index contributed by atoms with van der Waals surface area (Å²) >= 11 is 0. The average Bonchev–Trinajstić information content (AvgIpc) is 2.66. The summed E-state index contributed by atoms with van der Waals surface area (Å²) in [5, 5.41) is 2.67. The first kappa shape index (κ1) is 11.1. The van der Waals surface area contributed by atoms with E-state index in [1.54, 1.807) is 31.6 Å². The number of rotatable bonds is 2. The van der Waals surface area contributed by atoms with Crippen LogP contribution >= 0.6 is 0 Å². The first-order chi connectivity index (χ1) is 8.15. The zero-order chi connectivity index (χ0) is 12.4. The highest BCUT2D eigenvalue weighted by molar-refractivity contribution is 5.94. The van der Waals surface area contributed by atoms with Crippen molar-refractivity contribution in [1.82, 2.24) is 14.8 Å². The Labute approximate surface area is 96.8 Å². The number of H-pyrrole nitrogens is 1. The quantitative estimate of drug-likeness (QED) is 0.769. The van der Waals surface area contributed by atoms with Crippen LogP contribution in [0.4, 0.5) is 0 Å². The van der Waals surface area contributed by atoms with E-state index in [1.807, 2.05) is 0 Å². The lowest BCUT2D eigenvalue weighted by Gasteiger charge is -1.99. The van der Waals surface area contributed by atoms with Crippen LogP contribution in [0.15, 0.2) is 29.3 Å². The Hall–Kier alpha value is -2.37. The van der Waals surface area contributed by atoms with Crippen molar-refractivity contribution in [3.8, 4) is 11.1 Å². The SMILES string of the molecule is COC(=O)c1[nH]n(C)c(=O)c1-c1ccncc1. The van der Waals surface area contributed by atoms with Crippen molar-refractivity contribution < 1.29 is 9.53 Å². The second kappa shape index (κ2) is 4.25. The van der Waals surface area contributed by atoms with Crippen molar-refractivity contribution in [2.45, 2.75) is 0 Å². The van der Waals surface area contributed by atoms with Crippen LogP contribution in [-0.4, -0.2) is 27.8 Å². The molecule has 17 heavy (non-hydrogen) atoms. The van der Waals surface area contributed by atoms with E-state index in [0.717, 1.165) is 0 Å². The molecule has 0 bridgehead atoms. The van der Waals surface area contributed by atoms with Crippen LogP contribution in [0, 0.1) is 0 Å². The molecule has 0 aliphatic carbocycles. The molecule has 2 heterocycles. The summed E-state index contributed by atoms with van der Waals surface area (Å²) in [6.07, 6.45) is 3.12. The molecule has 88 valence electrons. The number of aryl methyl sites for hydroxylation is 1. The number of ether oxygens (including phenoxy) is 1. The zero-order valence-electron chi connectivity index (χ0n) is 9.43. The van der Waals surface area contributed by atoms with Gasteiger partial charge in [-0.2, -0.15) is 0 Å². The van der Waals surface area contributed by atoms with Crippen LogP contribution in [0.3, 0.4) is 0 Å². The summed E-state index contributed by atoms with van der Waals surface area (Å²) < 4.78 is 5.87. The van der Waals surface area contributed by atoms with Gasteiger partial charge in [0.05, 0.1) is 12.7 Å². The fraction of sp³-hybridized carbons (Fsp3) is 0.182. The number of nitrogens with zero attached hydrogens (tertiary/aromatic N) is 2. The van der Waals surface area contributed by atoms with Crippen LogP contribution in [0.5, 0.6) is 0 Å². The molecular weight excluding hydrogens is 222 g/mol. The molecule has 2 aromatic rings. The number of hydrogen-bond acceptors (Lipinski definition) is 4. The molecule has 0 aliphatic heterocycles. The standard InChI is InChI=1S/C11H11N3O3/c1-14-10(15)8(7-3-5-12-6-4-7)9(13-14)11(16)17-2/h3-6,13H,1-2H3. The number of pyridine rings is 1. The van der Waals surface area contributed by atoms with Gasteiger partial charge in [-0.05, 0) is 17.7 Å². The smallest absolute Gasteiger partial charge is 0.356 e. The predicted molar refractivity (Wildman–Crippen MR) is 60.6 cm³/mol. The number of carbonyl (C=O) groups is 1. The average molecular weight is 233 g/mol. The summed E-state index contributed by atoms with van der Waals surface area (Å²) in [6.45, 7) is 0. The summed E-state index contributed by atoms with van der Waals surface area (Å²) in [4.78, 5) is 27.3. The van der Waals surface area contributed by atoms with Crippen molar-refractivity contribution in [2.75, 3.05) is 7.11 Å². The Balaban J connectivity index is 2.68. The lowest BCUT2D eigenvalue weighted by atomic mass is 10.1. The molecule has 0 atom stereocenters. The van der Waals surface area contributed by atoms with Gasteiger partial charge in [0.1, 0.15) is 0 Å². The molecule has 0 aromatic carbocycles. The zero-order valence-corrected chi connectivity index (χ0v) is 9.43. The maximum atomic E-state index is 11.9. The van der Waals surface area contributed by atoms with E-state index in [1.165, 1.54) is 11.8 Å². The molecule has 0 fully saturated rings. The minimum atomic E-state index is -0.575. The normalized spacial score (nSPS) is 10.2. The van der Waals surface area contributed by atoms with Crippen molar-refractivity contribution in [2.24, 2.45) is 7.05 Å². The third-order valence-electron chi connectivity index (χ3n) is 2.41. The maximum absolute atomic E-state index is 11.9. The molecule has 0 amide bonds. The van der Waals surface area contributed by atoms with E-state index in [9.17, 15) is 9.59 Å². The highest BCUT2D eigenvalue weighted by Gasteiger charge is 2.20. The molecule has 0 saturated heterocycles. The third kappa shape index (κ3) is 1.84. The topological polar surface area (TPSA) is 77.0 Å². The molecule has 0 aliphatic rings. The minimum Gasteiger partial charge on any atom is -0.464 e. The van der Waals surface area contributed by atoms with Gasteiger partial charge in [-0.25, -0.2) is 4.79 Å². The van der Waals surface area contributed by atoms with Gasteiger partial charge in [-0.1, -0.05) is 0 Å². The van der Waals surface area contributed by atoms with Gasteiger partial charge in [0, 0.05) is 19.4 Å². The summed E-state index contributed by atoms with van der Waals surface area (Å²) in [7, 11) is 2.81. The molecule has 1 N–H and O–H groups in total. The van der Waals surface area contributed by atoms with Gasteiger partial charge in [0.2, 0.25) is 0 Å². The molecule has 6 nitrogen and oxygen atoms in total. The molecule has 0 saturated carbocycles. The van der Waals surface area contributed by atoms with Gasteiger partial charge < -0.3 is 4.74 Å². The summed E-state index contributed by atoms with van der Waals surface area (Å²) in [6, 6.07) is 3.33. The fourth-order valence-corrected chi connectivity index (χ4v) is 1.59.